The summed E-state index contributed by atoms with van der Waals surface area (Å²) in [6, 6.07) is 4.67. The number of carbonyl (C=O) groups is 1. The van der Waals surface area contributed by atoms with Crippen LogP contribution in [0.25, 0.3) is 0 Å². The van der Waals surface area contributed by atoms with E-state index in [1.165, 1.54) is 12.1 Å². The molecule has 0 N–H and O–H groups in total. The molecule has 3 nitrogen and oxygen atoms in total. The highest BCUT2D eigenvalue weighted by Gasteiger charge is 2.28. The number of ketones is 1. The molecule has 0 atom stereocenters. The maximum Gasteiger partial charge on any atom is 0.185 e. The van der Waals surface area contributed by atoms with Crippen LogP contribution in [0, 0.1) is 11.2 Å². The van der Waals surface area contributed by atoms with Crippen LogP contribution >= 0.6 is 0 Å². The Balaban J connectivity index is 3.02. The van der Waals surface area contributed by atoms with Crippen LogP contribution in [-0.2, 0) is 14.6 Å². The van der Waals surface area contributed by atoms with Gasteiger partial charge in [-0.05, 0) is 18.2 Å². The van der Waals surface area contributed by atoms with Crippen molar-refractivity contribution in [3.05, 3.63) is 30.1 Å². The standard InChI is InChI=1S/C12H15FO3S/c1-12(2,3)11(14)8-17(15,16)10-6-4-5-9(13)7-10/h4-7H,8H2,1-3H3. The van der Waals surface area contributed by atoms with Gasteiger partial charge in [-0.2, -0.15) is 0 Å². The lowest BCUT2D eigenvalue weighted by Gasteiger charge is -2.16. The van der Waals surface area contributed by atoms with Crippen molar-refractivity contribution < 1.29 is 17.6 Å². The van der Waals surface area contributed by atoms with Gasteiger partial charge in [-0.3, -0.25) is 4.79 Å². The summed E-state index contributed by atoms with van der Waals surface area (Å²) >= 11 is 0. The van der Waals surface area contributed by atoms with Crippen LogP contribution in [0.1, 0.15) is 20.8 Å². The van der Waals surface area contributed by atoms with Crippen LogP contribution in [0.5, 0.6) is 0 Å². The maximum atomic E-state index is 12.9. The number of hydrogen-bond acceptors (Lipinski definition) is 3. The van der Waals surface area contributed by atoms with E-state index < -0.39 is 26.8 Å². The van der Waals surface area contributed by atoms with E-state index in [-0.39, 0.29) is 10.7 Å². The Kier molecular flexibility index (Phi) is 3.71. The van der Waals surface area contributed by atoms with Gasteiger partial charge in [0.15, 0.2) is 15.6 Å². The molecule has 0 unspecified atom stereocenters. The van der Waals surface area contributed by atoms with Crippen LogP contribution in [-0.4, -0.2) is 20.0 Å². The van der Waals surface area contributed by atoms with E-state index in [0.29, 0.717) is 0 Å². The number of rotatable bonds is 3. The molecule has 0 aliphatic heterocycles. The Morgan fingerprint density at radius 1 is 1.29 bits per heavy atom. The monoisotopic (exact) mass is 258 g/mol. The third-order valence-electron chi connectivity index (χ3n) is 2.31. The first kappa shape index (κ1) is 13.8. The zero-order chi connectivity index (χ0) is 13.3. The largest absolute Gasteiger partial charge is 0.298 e. The second kappa shape index (κ2) is 4.56. The molecule has 0 spiro atoms. The molecule has 0 aromatic heterocycles. The SMILES string of the molecule is CC(C)(C)C(=O)CS(=O)(=O)c1cccc(F)c1. The van der Waals surface area contributed by atoms with Crippen LogP contribution in [0.3, 0.4) is 0 Å². The molecule has 0 radical (unpaired) electrons. The predicted octanol–water partition coefficient (Wildman–Crippen LogP) is 2.21. The van der Waals surface area contributed by atoms with Gasteiger partial charge in [0.2, 0.25) is 0 Å². The Hall–Kier alpha value is -1.23. The average molecular weight is 258 g/mol. The van der Waals surface area contributed by atoms with E-state index >= 15 is 0 Å². The highest BCUT2D eigenvalue weighted by molar-refractivity contribution is 7.92. The summed E-state index contributed by atoms with van der Waals surface area (Å²) in [7, 11) is -3.75. The van der Waals surface area contributed by atoms with Gasteiger partial charge in [0, 0.05) is 5.41 Å². The molecule has 0 bridgehead atoms. The molecule has 1 rings (SSSR count). The molecular weight excluding hydrogens is 243 g/mol. The number of hydrogen-bond donors (Lipinski definition) is 0. The lowest BCUT2D eigenvalue weighted by Crippen LogP contribution is -2.28. The molecule has 1 aromatic carbocycles. The molecule has 1 aromatic rings. The number of benzene rings is 1. The fourth-order valence-electron chi connectivity index (χ4n) is 1.13. The maximum absolute atomic E-state index is 12.9. The first-order valence-electron chi connectivity index (χ1n) is 5.14. The van der Waals surface area contributed by atoms with E-state index in [2.05, 4.69) is 0 Å². The van der Waals surface area contributed by atoms with Crippen molar-refractivity contribution in [2.45, 2.75) is 25.7 Å². The topological polar surface area (TPSA) is 51.2 Å². The molecule has 0 saturated heterocycles. The zero-order valence-electron chi connectivity index (χ0n) is 10.0. The van der Waals surface area contributed by atoms with E-state index in [1.807, 2.05) is 0 Å². The highest BCUT2D eigenvalue weighted by Crippen LogP contribution is 2.19. The van der Waals surface area contributed by atoms with Crippen molar-refractivity contribution in [3.8, 4) is 0 Å². The Morgan fingerprint density at radius 3 is 2.35 bits per heavy atom. The average Bonchev–Trinajstić information content (AvgIpc) is 2.15. The van der Waals surface area contributed by atoms with Crippen molar-refractivity contribution in [2.75, 3.05) is 5.75 Å². The summed E-state index contributed by atoms with van der Waals surface area (Å²) in [5, 5.41) is 0. The molecule has 0 fully saturated rings. The molecule has 0 amide bonds. The van der Waals surface area contributed by atoms with Crippen molar-refractivity contribution in [3.63, 3.8) is 0 Å². The first-order chi connectivity index (χ1) is 7.63. The Labute approximate surface area is 101 Å². The van der Waals surface area contributed by atoms with Crippen molar-refractivity contribution in [1.29, 1.82) is 0 Å². The number of carbonyl (C=O) groups excluding carboxylic acids is 1. The summed E-state index contributed by atoms with van der Waals surface area (Å²) in [5.41, 5.74) is -0.722. The molecule has 0 aliphatic carbocycles. The number of Topliss-reactive ketones (excluding diaryl/α,β-unsaturated/α-hetero) is 1. The normalized spacial score (nSPS) is 12.5. The second-order valence-electron chi connectivity index (χ2n) is 4.89. The minimum atomic E-state index is -3.75. The third kappa shape index (κ3) is 3.63. The molecule has 0 aliphatic rings. The van der Waals surface area contributed by atoms with Crippen molar-refractivity contribution in [2.24, 2.45) is 5.41 Å². The molecule has 0 saturated carbocycles. The molecule has 94 valence electrons. The van der Waals surface area contributed by atoms with Gasteiger partial charge in [0.05, 0.1) is 4.90 Å². The van der Waals surface area contributed by atoms with Crippen LogP contribution in [0.4, 0.5) is 4.39 Å². The quantitative estimate of drug-likeness (QED) is 0.835. The van der Waals surface area contributed by atoms with Gasteiger partial charge in [-0.25, -0.2) is 12.8 Å². The van der Waals surface area contributed by atoms with Gasteiger partial charge < -0.3 is 0 Å². The van der Waals surface area contributed by atoms with Gasteiger partial charge in [0.25, 0.3) is 0 Å². The molecule has 0 heterocycles. The number of sulfone groups is 1. The van der Waals surface area contributed by atoms with Gasteiger partial charge in [0.1, 0.15) is 11.6 Å². The molecule has 5 heteroatoms. The zero-order valence-corrected chi connectivity index (χ0v) is 10.8. The van der Waals surface area contributed by atoms with Gasteiger partial charge >= 0.3 is 0 Å². The Morgan fingerprint density at radius 2 is 1.88 bits per heavy atom. The summed E-state index contributed by atoms with van der Waals surface area (Å²) in [6.45, 7) is 4.95. The summed E-state index contributed by atoms with van der Waals surface area (Å²) < 4.78 is 36.6. The minimum Gasteiger partial charge on any atom is -0.298 e. The molecular formula is C12H15FO3S. The fourth-order valence-corrected chi connectivity index (χ4v) is 2.66. The second-order valence-corrected chi connectivity index (χ2v) is 6.88. The summed E-state index contributed by atoms with van der Waals surface area (Å²) in [6.07, 6.45) is 0. The van der Waals surface area contributed by atoms with E-state index in [4.69, 9.17) is 0 Å². The smallest absolute Gasteiger partial charge is 0.185 e. The Bertz CT molecular complexity index is 527. The van der Waals surface area contributed by atoms with Gasteiger partial charge in [-0.15, -0.1) is 0 Å². The van der Waals surface area contributed by atoms with Crippen LogP contribution in [0.2, 0.25) is 0 Å². The summed E-state index contributed by atoms with van der Waals surface area (Å²) in [4.78, 5) is 11.5. The van der Waals surface area contributed by atoms with Crippen molar-refractivity contribution >= 4 is 15.6 Å². The highest BCUT2D eigenvalue weighted by atomic mass is 32.2. The number of halogens is 1. The van der Waals surface area contributed by atoms with E-state index in [9.17, 15) is 17.6 Å². The van der Waals surface area contributed by atoms with E-state index in [0.717, 1.165) is 12.1 Å². The van der Waals surface area contributed by atoms with Gasteiger partial charge in [-0.1, -0.05) is 26.8 Å². The van der Waals surface area contributed by atoms with Crippen LogP contribution < -0.4 is 0 Å². The van der Waals surface area contributed by atoms with Crippen LogP contribution in [0.15, 0.2) is 29.2 Å². The lowest BCUT2D eigenvalue weighted by atomic mass is 9.92. The fraction of sp³-hybridized carbons (Fsp3) is 0.417. The lowest BCUT2D eigenvalue weighted by molar-refractivity contribution is -0.123. The van der Waals surface area contributed by atoms with E-state index in [1.54, 1.807) is 20.8 Å². The van der Waals surface area contributed by atoms with Crippen molar-refractivity contribution in [1.82, 2.24) is 0 Å². The third-order valence-corrected chi connectivity index (χ3v) is 3.93. The summed E-state index contributed by atoms with van der Waals surface area (Å²) in [5.74, 6) is -1.61. The first-order valence-corrected chi connectivity index (χ1v) is 6.80. The molecule has 17 heavy (non-hydrogen) atoms. The minimum absolute atomic E-state index is 0.157. The predicted molar refractivity (Wildman–Crippen MR) is 62.9 cm³/mol.